The van der Waals surface area contributed by atoms with Gasteiger partial charge in [-0.1, -0.05) is 35.9 Å². The van der Waals surface area contributed by atoms with E-state index in [-0.39, 0.29) is 5.56 Å². The van der Waals surface area contributed by atoms with Crippen molar-refractivity contribution in [2.75, 3.05) is 11.9 Å². The lowest BCUT2D eigenvalue weighted by atomic mass is 10.1. The first-order chi connectivity index (χ1) is 10.5. The van der Waals surface area contributed by atoms with E-state index in [4.69, 9.17) is 11.6 Å². The van der Waals surface area contributed by atoms with Crippen molar-refractivity contribution in [3.63, 3.8) is 0 Å². The zero-order valence-corrected chi connectivity index (χ0v) is 12.4. The van der Waals surface area contributed by atoms with E-state index in [1.54, 1.807) is 12.1 Å². The molecule has 2 aromatic carbocycles. The van der Waals surface area contributed by atoms with Crippen LogP contribution in [0.4, 0.5) is 19.3 Å². The summed E-state index contributed by atoms with van der Waals surface area (Å²) in [5.74, 6) is 0. The van der Waals surface area contributed by atoms with Crippen LogP contribution in [0.1, 0.15) is 17.6 Å². The molecule has 0 spiro atoms. The Morgan fingerprint density at radius 3 is 2.64 bits per heavy atom. The third-order valence-corrected chi connectivity index (χ3v) is 3.22. The molecule has 6 heteroatoms. The van der Waals surface area contributed by atoms with Gasteiger partial charge < -0.3 is 10.6 Å². The molecule has 2 N–H and O–H groups in total. The second kappa shape index (κ2) is 7.75. The lowest BCUT2D eigenvalue weighted by Gasteiger charge is -2.09. The van der Waals surface area contributed by atoms with E-state index in [1.807, 2.05) is 18.2 Å². The minimum atomic E-state index is -2.56. The fourth-order valence-corrected chi connectivity index (χ4v) is 2.15. The molecule has 0 fully saturated rings. The van der Waals surface area contributed by atoms with E-state index >= 15 is 0 Å². The fourth-order valence-electron chi connectivity index (χ4n) is 1.94. The number of rotatable bonds is 5. The van der Waals surface area contributed by atoms with Gasteiger partial charge in [0.15, 0.2) is 0 Å². The molecule has 0 saturated heterocycles. The molecule has 3 nitrogen and oxygen atoms in total. The van der Waals surface area contributed by atoms with E-state index in [0.29, 0.717) is 23.7 Å². The van der Waals surface area contributed by atoms with Crippen LogP contribution in [0.3, 0.4) is 0 Å². The second-order valence-electron chi connectivity index (χ2n) is 4.69. The maximum absolute atomic E-state index is 12.6. The third kappa shape index (κ3) is 5.00. The van der Waals surface area contributed by atoms with Crippen molar-refractivity contribution in [3.05, 3.63) is 64.7 Å². The Morgan fingerprint density at radius 1 is 1.14 bits per heavy atom. The van der Waals surface area contributed by atoms with Crippen molar-refractivity contribution < 1.29 is 13.6 Å². The number of benzene rings is 2. The number of anilines is 1. The van der Waals surface area contributed by atoms with E-state index in [9.17, 15) is 13.6 Å². The Bertz CT molecular complexity index is 650. The first kappa shape index (κ1) is 16.2. The number of urea groups is 1. The highest BCUT2D eigenvalue weighted by Crippen LogP contribution is 2.21. The molecule has 0 heterocycles. The lowest BCUT2D eigenvalue weighted by molar-refractivity contribution is 0.151. The van der Waals surface area contributed by atoms with Gasteiger partial charge in [-0.25, -0.2) is 13.6 Å². The molecule has 0 unspecified atom stereocenters. The zero-order chi connectivity index (χ0) is 15.9. The molecule has 0 radical (unpaired) electrons. The number of amides is 2. The van der Waals surface area contributed by atoms with Gasteiger partial charge in [0.2, 0.25) is 0 Å². The van der Waals surface area contributed by atoms with E-state index in [0.717, 1.165) is 5.56 Å². The van der Waals surface area contributed by atoms with Crippen LogP contribution in [0.15, 0.2) is 48.5 Å². The smallest absolute Gasteiger partial charge is 0.319 e. The largest absolute Gasteiger partial charge is 0.338 e. The van der Waals surface area contributed by atoms with Gasteiger partial charge in [-0.2, -0.15) is 0 Å². The van der Waals surface area contributed by atoms with E-state index in [1.165, 1.54) is 18.2 Å². The average molecular weight is 325 g/mol. The Labute approximate surface area is 132 Å². The highest BCUT2D eigenvalue weighted by Gasteiger charge is 2.08. The zero-order valence-electron chi connectivity index (χ0n) is 11.7. The van der Waals surface area contributed by atoms with Crippen molar-refractivity contribution in [2.24, 2.45) is 0 Å². The van der Waals surface area contributed by atoms with Crippen molar-refractivity contribution >= 4 is 23.3 Å². The van der Waals surface area contributed by atoms with Gasteiger partial charge >= 0.3 is 6.03 Å². The molecule has 116 valence electrons. The molecule has 0 aliphatic heterocycles. The predicted octanol–water partition coefficient (Wildman–Crippen LogP) is 4.64. The first-order valence-electron chi connectivity index (χ1n) is 6.72. The summed E-state index contributed by atoms with van der Waals surface area (Å²) in [6.07, 6.45) is -1.93. The third-order valence-electron chi connectivity index (χ3n) is 2.98. The SMILES string of the molecule is O=C(NCCc1cccc(Cl)c1)Nc1cccc(C(F)F)c1. The predicted molar refractivity (Wildman–Crippen MR) is 83.6 cm³/mol. The number of hydrogen-bond donors (Lipinski definition) is 2. The Hall–Kier alpha value is -2.14. The molecular weight excluding hydrogens is 310 g/mol. The van der Waals surface area contributed by atoms with Crippen LogP contribution in [0.25, 0.3) is 0 Å². The number of alkyl halides is 2. The van der Waals surface area contributed by atoms with E-state index in [2.05, 4.69) is 10.6 Å². The van der Waals surface area contributed by atoms with Gasteiger partial charge in [-0.15, -0.1) is 0 Å². The van der Waals surface area contributed by atoms with E-state index < -0.39 is 12.5 Å². The first-order valence-corrected chi connectivity index (χ1v) is 7.10. The number of carbonyl (C=O) groups is 1. The summed E-state index contributed by atoms with van der Waals surface area (Å²) >= 11 is 5.87. The molecule has 0 aromatic heterocycles. The van der Waals surface area contributed by atoms with Crippen molar-refractivity contribution in [2.45, 2.75) is 12.8 Å². The van der Waals surface area contributed by atoms with Crippen molar-refractivity contribution in [3.8, 4) is 0 Å². The number of hydrogen-bond acceptors (Lipinski definition) is 1. The molecule has 2 rings (SSSR count). The van der Waals surface area contributed by atoms with Gasteiger partial charge in [-0.05, 0) is 36.2 Å². The normalized spacial score (nSPS) is 10.5. The number of halogens is 3. The van der Waals surface area contributed by atoms with Crippen LogP contribution < -0.4 is 10.6 Å². The van der Waals surface area contributed by atoms with Crippen LogP contribution in [0.2, 0.25) is 5.02 Å². The Balaban J connectivity index is 1.82. The van der Waals surface area contributed by atoms with Crippen LogP contribution >= 0.6 is 11.6 Å². The summed E-state index contributed by atoms with van der Waals surface area (Å²) < 4.78 is 25.1. The van der Waals surface area contributed by atoms with Crippen LogP contribution in [-0.4, -0.2) is 12.6 Å². The molecule has 0 atom stereocenters. The Kier molecular flexibility index (Phi) is 5.72. The molecular formula is C16H15ClF2N2O. The molecule has 2 amide bonds. The van der Waals surface area contributed by atoms with Gasteiger partial charge in [0.05, 0.1) is 0 Å². The fraction of sp³-hybridized carbons (Fsp3) is 0.188. The van der Waals surface area contributed by atoms with Crippen LogP contribution in [0, 0.1) is 0 Å². The number of carbonyl (C=O) groups excluding carboxylic acids is 1. The van der Waals surface area contributed by atoms with Crippen molar-refractivity contribution in [1.82, 2.24) is 5.32 Å². The average Bonchev–Trinajstić information content (AvgIpc) is 2.47. The minimum absolute atomic E-state index is 0.128. The van der Waals surface area contributed by atoms with Crippen LogP contribution in [0.5, 0.6) is 0 Å². The number of nitrogens with one attached hydrogen (secondary N) is 2. The maximum Gasteiger partial charge on any atom is 0.319 e. The topological polar surface area (TPSA) is 41.1 Å². The summed E-state index contributed by atoms with van der Waals surface area (Å²) in [5.41, 5.74) is 1.21. The molecule has 22 heavy (non-hydrogen) atoms. The van der Waals surface area contributed by atoms with Gasteiger partial charge in [-0.3, -0.25) is 0 Å². The highest BCUT2D eigenvalue weighted by atomic mass is 35.5. The van der Waals surface area contributed by atoms with Gasteiger partial charge in [0.25, 0.3) is 6.43 Å². The summed E-state index contributed by atoms with van der Waals surface area (Å²) in [4.78, 5) is 11.7. The molecule has 2 aromatic rings. The maximum atomic E-state index is 12.6. The summed E-state index contributed by atoms with van der Waals surface area (Å²) in [7, 11) is 0. The van der Waals surface area contributed by atoms with Gasteiger partial charge in [0, 0.05) is 22.8 Å². The van der Waals surface area contributed by atoms with Gasteiger partial charge in [0.1, 0.15) is 0 Å². The lowest BCUT2D eigenvalue weighted by Crippen LogP contribution is -2.30. The monoisotopic (exact) mass is 324 g/mol. The quantitative estimate of drug-likeness (QED) is 0.826. The summed E-state index contributed by atoms with van der Waals surface area (Å²) in [5, 5.41) is 5.84. The standard InChI is InChI=1S/C16H15ClF2N2O/c17-13-5-1-3-11(9-13)7-8-20-16(22)21-14-6-2-4-12(10-14)15(18)19/h1-6,9-10,15H,7-8H2,(H2,20,21,22). The minimum Gasteiger partial charge on any atom is -0.338 e. The van der Waals surface area contributed by atoms with Crippen molar-refractivity contribution in [1.29, 1.82) is 0 Å². The Morgan fingerprint density at radius 2 is 1.91 bits per heavy atom. The summed E-state index contributed by atoms with van der Waals surface area (Å²) in [6.45, 7) is 0.417. The highest BCUT2D eigenvalue weighted by molar-refractivity contribution is 6.30. The molecule has 0 aliphatic rings. The molecule has 0 bridgehead atoms. The second-order valence-corrected chi connectivity index (χ2v) is 5.12. The molecule has 0 saturated carbocycles. The molecule has 0 aliphatic carbocycles. The summed E-state index contributed by atoms with van der Waals surface area (Å²) in [6, 6.07) is 12.5. The van der Waals surface area contributed by atoms with Crippen LogP contribution in [-0.2, 0) is 6.42 Å².